The van der Waals surface area contributed by atoms with Gasteiger partial charge in [-0.25, -0.2) is 4.79 Å². The van der Waals surface area contributed by atoms with E-state index in [1.54, 1.807) is 0 Å². The van der Waals surface area contributed by atoms with Gasteiger partial charge in [-0.1, -0.05) is 29.8 Å². The molecule has 1 N–H and O–H groups in total. The lowest BCUT2D eigenvalue weighted by Gasteiger charge is -2.31. The number of carbonyl (C=O) groups excluding carboxylic acids is 1. The van der Waals surface area contributed by atoms with E-state index in [4.69, 9.17) is 4.74 Å². The van der Waals surface area contributed by atoms with Gasteiger partial charge >= 0.3 is 5.97 Å². The van der Waals surface area contributed by atoms with Gasteiger partial charge in [-0.05, 0) is 55.1 Å². The van der Waals surface area contributed by atoms with Crippen molar-refractivity contribution in [2.45, 2.75) is 44.8 Å². The van der Waals surface area contributed by atoms with Crippen LogP contribution in [0.15, 0.2) is 22.8 Å². The number of benzene rings is 1. The van der Waals surface area contributed by atoms with Gasteiger partial charge in [0.25, 0.3) is 0 Å². The summed E-state index contributed by atoms with van der Waals surface area (Å²) in [5.74, 6) is 2.19. The number of esters is 1. The predicted molar refractivity (Wildman–Crippen MR) is 105 cm³/mol. The normalized spacial score (nSPS) is 21.4. The lowest BCUT2D eigenvalue weighted by Crippen LogP contribution is -2.21. The Labute approximate surface area is 156 Å². The quantitative estimate of drug-likeness (QED) is 0.654. The van der Waals surface area contributed by atoms with Gasteiger partial charge in [0.15, 0.2) is 0 Å². The van der Waals surface area contributed by atoms with E-state index < -0.39 is 0 Å². The first-order valence-electron chi connectivity index (χ1n) is 8.60. The van der Waals surface area contributed by atoms with Crippen molar-refractivity contribution in [2.24, 2.45) is 5.92 Å². The van der Waals surface area contributed by atoms with Crippen LogP contribution in [0.3, 0.4) is 0 Å². The standard InChI is InChI=1S/C19H24BrNO2S/c1-4-23-19(22)15-9-13(20)8-14-16(10-21-18(14)15)12-5-6-24-17(7-12)11(2)3/h8-12,17,21H,4-7H2,1-3H3. The summed E-state index contributed by atoms with van der Waals surface area (Å²) < 4.78 is 6.13. The Morgan fingerprint density at radius 3 is 2.96 bits per heavy atom. The molecule has 2 heterocycles. The van der Waals surface area contributed by atoms with Gasteiger partial charge in [0.1, 0.15) is 0 Å². The third-order valence-electron chi connectivity index (χ3n) is 4.78. The summed E-state index contributed by atoms with van der Waals surface area (Å²) in [6, 6.07) is 3.96. The third kappa shape index (κ3) is 3.52. The number of aromatic amines is 1. The first kappa shape index (κ1) is 17.9. The number of halogens is 1. The minimum Gasteiger partial charge on any atom is -0.462 e. The average Bonchev–Trinajstić information content (AvgIpc) is 2.98. The van der Waals surface area contributed by atoms with Crippen LogP contribution in [-0.4, -0.2) is 28.6 Å². The molecule has 1 saturated heterocycles. The molecule has 2 unspecified atom stereocenters. The van der Waals surface area contributed by atoms with Crippen molar-refractivity contribution in [1.82, 2.24) is 4.98 Å². The van der Waals surface area contributed by atoms with Gasteiger partial charge in [0.2, 0.25) is 0 Å². The van der Waals surface area contributed by atoms with Gasteiger partial charge in [-0.3, -0.25) is 0 Å². The lowest BCUT2D eigenvalue weighted by atomic mass is 9.88. The van der Waals surface area contributed by atoms with Crippen LogP contribution >= 0.6 is 27.7 Å². The molecule has 1 aromatic carbocycles. The summed E-state index contributed by atoms with van der Waals surface area (Å²) in [6.45, 7) is 6.84. The Morgan fingerprint density at radius 2 is 2.25 bits per heavy atom. The van der Waals surface area contributed by atoms with Crippen LogP contribution in [0.1, 0.15) is 55.5 Å². The van der Waals surface area contributed by atoms with Gasteiger partial charge in [-0.2, -0.15) is 11.8 Å². The molecule has 3 rings (SSSR count). The summed E-state index contributed by atoms with van der Waals surface area (Å²) in [4.78, 5) is 15.6. The predicted octanol–water partition coefficient (Wildman–Crippen LogP) is 5.74. The summed E-state index contributed by atoms with van der Waals surface area (Å²) in [6.07, 6.45) is 4.50. The van der Waals surface area contributed by atoms with Crippen LogP contribution in [-0.2, 0) is 4.74 Å². The molecular formula is C19H24BrNO2S. The molecule has 2 atom stereocenters. The van der Waals surface area contributed by atoms with Gasteiger partial charge < -0.3 is 9.72 Å². The van der Waals surface area contributed by atoms with Gasteiger partial charge in [0.05, 0.1) is 17.7 Å². The Bertz CT molecular complexity index is 740. The van der Waals surface area contributed by atoms with Crippen LogP contribution in [0.2, 0.25) is 0 Å². The molecule has 0 amide bonds. The highest BCUT2D eigenvalue weighted by atomic mass is 79.9. The number of ether oxygens (including phenoxy) is 1. The number of nitrogens with one attached hydrogen (secondary N) is 1. The Balaban J connectivity index is 1.99. The van der Waals surface area contributed by atoms with Gasteiger partial charge in [0, 0.05) is 21.3 Å². The number of rotatable bonds is 4. The van der Waals surface area contributed by atoms with E-state index in [0.717, 1.165) is 15.4 Å². The highest BCUT2D eigenvalue weighted by Gasteiger charge is 2.28. The maximum absolute atomic E-state index is 12.3. The molecular weight excluding hydrogens is 386 g/mol. The molecule has 24 heavy (non-hydrogen) atoms. The van der Waals surface area contributed by atoms with Crippen molar-refractivity contribution in [1.29, 1.82) is 0 Å². The minimum atomic E-state index is -0.267. The molecule has 0 radical (unpaired) electrons. The molecule has 1 aliphatic heterocycles. The summed E-state index contributed by atoms with van der Waals surface area (Å²) in [7, 11) is 0. The number of thioether (sulfide) groups is 1. The van der Waals surface area contributed by atoms with E-state index in [1.165, 1.54) is 24.2 Å². The number of hydrogen-bond donors (Lipinski definition) is 1. The molecule has 0 saturated carbocycles. The maximum atomic E-state index is 12.3. The van der Waals surface area contributed by atoms with Crippen LogP contribution < -0.4 is 0 Å². The van der Waals surface area contributed by atoms with Crippen LogP contribution in [0.4, 0.5) is 0 Å². The molecule has 2 aromatic rings. The fourth-order valence-electron chi connectivity index (χ4n) is 3.50. The zero-order chi connectivity index (χ0) is 17.3. The second-order valence-corrected chi connectivity index (χ2v) is 8.98. The van der Waals surface area contributed by atoms with E-state index in [2.05, 4.69) is 58.8 Å². The van der Waals surface area contributed by atoms with E-state index in [0.29, 0.717) is 29.3 Å². The number of hydrogen-bond acceptors (Lipinski definition) is 3. The fourth-order valence-corrected chi connectivity index (χ4v) is 5.43. The fraction of sp³-hybridized carbons (Fsp3) is 0.526. The van der Waals surface area contributed by atoms with Crippen molar-refractivity contribution in [3.8, 4) is 0 Å². The van der Waals surface area contributed by atoms with Crippen LogP contribution in [0.5, 0.6) is 0 Å². The summed E-state index contributed by atoms with van der Waals surface area (Å²) in [5, 5.41) is 1.86. The molecule has 0 aliphatic carbocycles. The minimum absolute atomic E-state index is 0.267. The smallest absolute Gasteiger partial charge is 0.340 e. The maximum Gasteiger partial charge on any atom is 0.340 e. The summed E-state index contributed by atoms with van der Waals surface area (Å²) >= 11 is 5.66. The molecule has 0 spiro atoms. The highest BCUT2D eigenvalue weighted by Crippen LogP contribution is 2.42. The molecule has 3 nitrogen and oxygen atoms in total. The third-order valence-corrected chi connectivity index (χ3v) is 6.87. The second-order valence-electron chi connectivity index (χ2n) is 6.71. The molecule has 1 aromatic heterocycles. The van der Waals surface area contributed by atoms with Crippen molar-refractivity contribution in [3.63, 3.8) is 0 Å². The molecule has 0 bridgehead atoms. The number of aromatic nitrogens is 1. The zero-order valence-corrected chi connectivity index (χ0v) is 16.8. The lowest BCUT2D eigenvalue weighted by molar-refractivity contribution is 0.0528. The Morgan fingerprint density at radius 1 is 1.46 bits per heavy atom. The number of H-pyrrole nitrogens is 1. The SMILES string of the molecule is CCOC(=O)c1cc(Br)cc2c(C3CCSC(C(C)C)C3)c[nH]c12. The average molecular weight is 410 g/mol. The Hall–Kier alpha value is -0.940. The first-order chi connectivity index (χ1) is 11.5. The molecule has 1 fully saturated rings. The van der Waals surface area contributed by atoms with E-state index in [9.17, 15) is 4.79 Å². The largest absolute Gasteiger partial charge is 0.462 e. The number of fused-ring (bicyclic) bond motifs is 1. The first-order valence-corrected chi connectivity index (χ1v) is 10.4. The van der Waals surface area contributed by atoms with E-state index >= 15 is 0 Å². The zero-order valence-electron chi connectivity index (χ0n) is 14.4. The molecule has 1 aliphatic rings. The van der Waals surface area contributed by atoms with Gasteiger partial charge in [-0.15, -0.1) is 0 Å². The molecule has 5 heteroatoms. The highest BCUT2D eigenvalue weighted by molar-refractivity contribution is 9.10. The van der Waals surface area contributed by atoms with Crippen molar-refractivity contribution < 1.29 is 9.53 Å². The van der Waals surface area contributed by atoms with Crippen LogP contribution in [0, 0.1) is 5.92 Å². The van der Waals surface area contributed by atoms with E-state index in [-0.39, 0.29) is 5.97 Å². The van der Waals surface area contributed by atoms with Crippen molar-refractivity contribution in [2.75, 3.05) is 12.4 Å². The van der Waals surface area contributed by atoms with Crippen molar-refractivity contribution in [3.05, 3.63) is 33.9 Å². The number of carbonyl (C=O) groups is 1. The molecule has 130 valence electrons. The monoisotopic (exact) mass is 409 g/mol. The van der Waals surface area contributed by atoms with Crippen LogP contribution in [0.25, 0.3) is 10.9 Å². The van der Waals surface area contributed by atoms with E-state index in [1.807, 2.05) is 13.0 Å². The topological polar surface area (TPSA) is 42.1 Å². The van der Waals surface area contributed by atoms with Crippen molar-refractivity contribution >= 4 is 44.6 Å². The summed E-state index contributed by atoms with van der Waals surface area (Å²) in [5.41, 5.74) is 2.84. The Kier molecular flexibility index (Phi) is 5.60. The second kappa shape index (κ2) is 7.52.